The highest BCUT2D eigenvalue weighted by molar-refractivity contribution is 5.92. The molecule has 0 aliphatic carbocycles. The number of H-pyrrole nitrogens is 1. The molecule has 3 rings (SSSR count). The number of imidazole rings is 2. The van der Waals surface area contributed by atoms with E-state index in [1.807, 2.05) is 6.07 Å². The fraction of sp³-hybridized carbons (Fsp3) is 0.0909. The van der Waals surface area contributed by atoms with Gasteiger partial charge in [0.1, 0.15) is 11.2 Å². The van der Waals surface area contributed by atoms with Crippen LogP contribution in [-0.2, 0) is 7.05 Å². The zero-order valence-corrected chi connectivity index (χ0v) is 9.45. The van der Waals surface area contributed by atoms with Gasteiger partial charge in [-0.2, -0.15) is 0 Å². The highest BCUT2D eigenvalue weighted by Crippen LogP contribution is 2.22. The van der Waals surface area contributed by atoms with Crippen molar-refractivity contribution in [3.05, 3.63) is 30.4 Å². The summed E-state index contributed by atoms with van der Waals surface area (Å²) >= 11 is 0. The highest BCUT2D eigenvalue weighted by Gasteiger charge is 2.20. The molecule has 7 nitrogen and oxygen atoms in total. The van der Waals surface area contributed by atoms with E-state index in [1.165, 1.54) is 6.33 Å². The van der Waals surface area contributed by atoms with Crippen LogP contribution in [0.1, 0.15) is 10.5 Å². The lowest BCUT2D eigenvalue weighted by Crippen LogP contribution is -2.02. The second-order valence-corrected chi connectivity index (χ2v) is 3.77. The molecular formula is C11H9N5O2. The molecule has 0 aromatic carbocycles. The molecule has 90 valence electrons. The van der Waals surface area contributed by atoms with Crippen molar-refractivity contribution in [2.75, 3.05) is 0 Å². The Balaban J connectivity index is 2.29. The van der Waals surface area contributed by atoms with E-state index in [4.69, 9.17) is 5.11 Å². The Labute approximate surface area is 101 Å². The summed E-state index contributed by atoms with van der Waals surface area (Å²) in [6, 6.07) is 3.60. The second-order valence-electron chi connectivity index (χ2n) is 3.77. The van der Waals surface area contributed by atoms with E-state index in [0.29, 0.717) is 22.7 Å². The maximum absolute atomic E-state index is 11.1. The largest absolute Gasteiger partial charge is 0.477 e. The topological polar surface area (TPSA) is 96.7 Å². The summed E-state index contributed by atoms with van der Waals surface area (Å²) in [5, 5.41) is 9.06. The van der Waals surface area contributed by atoms with E-state index in [2.05, 4.69) is 19.9 Å². The number of nitrogens with one attached hydrogen (secondary N) is 1. The predicted molar refractivity (Wildman–Crippen MR) is 63.1 cm³/mol. The van der Waals surface area contributed by atoms with Crippen LogP contribution in [0.3, 0.4) is 0 Å². The van der Waals surface area contributed by atoms with Crippen LogP contribution in [-0.4, -0.2) is 35.6 Å². The SMILES string of the molecule is Cn1c(-c2nc[nH]c2C(=O)O)nc2cccnc21. The van der Waals surface area contributed by atoms with Gasteiger partial charge in [-0.1, -0.05) is 0 Å². The number of aromatic amines is 1. The van der Waals surface area contributed by atoms with Gasteiger partial charge in [0.05, 0.1) is 6.33 Å². The molecule has 2 N–H and O–H groups in total. The molecule has 0 radical (unpaired) electrons. The van der Waals surface area contributed by atoms with Crippen LogP contribution >= 0.6 is 0 Å². The van der Waals surface area contributed by atoms with Gasteiger partial charge in [0.15, 0.2) is 17.2 Å². The lowest BCUT2D eigenvalue weighted by molar-refractivity contribution is 0.0692. The first-order valence-corrected chi connectivity index (χ1v) is 5.23. The van der Waals surface area contributed by atoms with Gasteiger partial charge in [0, 0.05) is 13.2 Å². The molecule has 0 saturated carbocycles. The van der Waals surface area contributed by atoms with Gasteiger partial charge in [0.25, 0.3) is 0 Å². The molecule has 7 heteroatoms. The lowest BCUT2D eigenvalue weighted by atomic mass is 10.3. The molecule has 3 heterocycles. The van der Waals surface area contributed by atoms with Gasteiger partial charge in [-0.25, -0.2) is 19.7 Å². The summed E-state index contributed by atoms with van der Waals surface area (Å²) in [6.45, 7) is 0. The Morgan fingerprint density at radius 1 is 1.44 bits per heavy atom. The number of nitrogens with zero attached hydrogens (tertiary/aromatic N) is 4. The number of hydrogen-bond acceptors (Lipinski definition) is 4. The van der Waals surface area contributed by atoms with Crippen molar-refractivity contribution in [1.82, 2.24) is 24.5 Å². The van der Waals surface area contributed by atoms with Crippen molar-refractivity contribution in [2.24, 2.45) is 7.05 Å². The first kappa shape index (κ1) is 10.5. The molecule has 0 spiro atoms. The molecule has 0 aliphatic rings. The third-order valence-corrected chi connectivity index (χ3v) is 2.69. The molecule has 3 aromatic heterocycles. The molecule has 0 aliphatic heterocycles. The van der Waals surface area contributed by atoms with Crippen molar-refractivity contribution in [3.63, 3.8) is 0 Å². The van der Waals surface area contributed by atoms with Crippen molar-refractivity contribution >= 4 is 17.1 Å². The van der Waals surface area contributed by atoms with Crippen LogP contribution in [0.15, 0.2) is 24.7 Å². The smallest absolute Gasteiger partial charge is 0.354 e. The van der Waals surface area contributed by atoms with Gasteiger partial charge >= 0.3 is 5.97 Å². The third-order valence-electron chi connectivity index (χ3n) is 2.69. The molecule has 0 fully saturated rings. The molecule has 0 amide bonds. The van der Waals surface area contributed by atoms with Crippen LogP contribution in [0.2, 0.25) is 0 Å². The average molecular weight is 243 g/mol. The van der Waals surface area contributed by atoms with E-state index in [0.717, 1.165) is 0 Å². The lowest BCUT2D eigenvalue weighted by Gasteiger charge is -1.99. The monoisotopic (exact) mass is 243 g/mol. The van der Waals surface area contributed by atoms with Gasteiger partial charge in [-0.3, -0.25) is 0 Å². The van der Waals surface area contributed by atoms with E-state index >= 15 is 0 Å². The number of carbonyl (C=O) groups is 1. The normalized spacial score (nSPS) is 10.9. The summed E-state index contributed by atoms with van der Waals surface area (Å²) in [5.41, 5.74) is 1.72. The third kappa shape index (κ3) is 1.37. The zero-order valence-electron chi connectivity index (χ0n) is 9.45. The minimum absolute atomic E-state index is 0.0217. The Hall–Kier alpha value is -2.70. The molecule has 0 bridgehead atoms. The molecule has 0 unspecified atom stereocenters. The predicted octanol–water partition coefficient (Wildman–Crippen LogP) is 1.06. The number of rotatable bonds is 2. The van der Waals surface area contributed by atoms with E-state index in [1.54, 1.807) is 23.9 Å². The molecule has 0 saturated heterocycles. The van der Waals surface area contributed by atoms with Gasteiger partial charge in [-0.15, -0.1) is 0 Å². The Bertz CT molecular complexity index is 743. The first-order chi connectivity index (χ1) is 8.68. The van der Waals surface area contributed by atoms with Crippen LogP contribution in [0.5, 0.6) is 0 Å². The van der Waals surface area contributed by atoms with Crippen LogP contribution in [0.4, 0.5) is 0 Å². The number of aryl methyl sites for hydroxylation is 1. The number of carboxylic acid groups (broad SMARTS) is 1. The van der Waals surface area contributed by atoms with Crippen molar-refractivity contribution < 1.29 is 9.90 Å². The number of fused-ring (bicyclic) bond motifs is 1. The maximum atomic E-state index is 11.1. The van der Waals surface area contributed by atoms with E-state index in [9.17, 15) is 4.79 Å². The number of aromatic nitrogens is 5. The van der Waals surface area contributed by atoms with Crippen LogP contribution < -0.4 is 0 Å². The summed E-state index contributed by atoms with van der Waals surface area (Å²) in [4.78, 5) is 26.2. The summed E-state index contributed by atoms with van der Waals surface area (Å²) in [7, 11) is 1.78. The average Bonchev–Trinajstić information content (AvgIpc) is 2.94. The molecule has 3 aromatic rings. The number of pyridine rings is 1. The molecule has 18 heavy (non-hydrogen) atoms. The Morgan fingerprint density at radius 2 is 2.28 bits per heavy atom. The van der Waals surface area contributed by atoms with E-state index in [-0.39, 0.29) is 5.69 Å². The van der Waals surface area contributed by atoms with E-state index < -0.39 is 5.97 Å². The minimum Gasteiger partial charge on any atom is -0.477 e. The summed E-state index contributed by atoms with van der Waals surface area (Å²) in [5.74, 6) is -0.593. The summed E-state index contributed by atoms with van der Waals surface area (Å²) in [6.07, 6.45) is 3.00. The highest BCUT2D eigenvalue weighted by atomic mass is 16.4. The first-order valence-electron chi connectivity index (χ1n) is 5.23. The zero-order chi connectivity index (χ0) is 12.7. The maximum Gasteiger partial charge on any atom is 0.354 e. The Kier molecular flexibility index (Phi) is 2.12. The molecule has 0 atom stereocenters. The quantitative estimate of drug-likeness (QED) is 0.701. The van der Waals surface area contributed by atoms with Gasteiger partial charge in [-0.05, 0) is 12.1 Å². The van der Waals surface area contributed by atoms with Gasteiger partial charge < -0.3 is 14.7 Å². The minimum atomic E-state index is -1.07. The second kappa shape index (κ2) is 3.66. The van der Waals surface area contributed by atoms with Crippen LogP contribution in [0, 0.1) is 0 Å². The Morgan fingerprint density at radius 3 is 3.00 bits per heavy atom. The summed E-state index contributed by atoms with van der Waals surface area (Å²) < 4.78 is 1.72. The van der Waals surface area contributed by atoms with Crippen molar-refractivity contribution in [1.29, 1.82) is 0 Å². The van der Waals surface area contributed by atoms with Crippen molar-refractivity contribution in [3.8, 4) is 11.5 Å². The van der Waals surface area contributed by atoms with Crippen molar-refractivity contribution in [2.45, 2.75) is 0 Å². The standard InChI is InChI=1S/C11H9N5O2/c1-16-9-6(3-2-4-12-9)15-10(16)7-8(11(17)18)14-5-13-7/h2-5H,1H3,(H,13,14)(H,17,18). The van der Waals surface area contributed by atoms with Crippen LogP contribution in [0.25, 0.3) is 22.7 Å². The number of aromatic carboxylic acids is 1. The molecular weight excluding hydrogens is 234 g/mol. The number of carboxylic acids is 1. The fourth-order valence-corrected chi connectivity index (χ4v) is 1.86. The fourth-order valence-electron chi connectivity index (χ4n) is 1.86. The van der Waals surface area contributed by atoms with Gasteiger partial charge in [0.2, 0.25) is 0 Å². The number of hydrogen-bond donors (Lipinski definition) is 2.